The van der Waals surface area contributed by atoms with Gasteiger partial charge in [0.05, 0.1) is 10.9 Å². The number of para-hydroxylation sites is 1. The highest BCUT2D eigenvalue weighted by Gasteiger charge is 2.24. The van der Waals surface area contributed by atoms with E-state index in [4.69, 9.17) is 8.83 Å². The number of halogens is 1. The first kappa shape index (κ1) is 18.2. The molecule has 0 unspecified atom stereocenters. The van der Waals surface area contributed by atoms with E-state index in [1.807, 2.05) is 44.2 Å². The van der Waals surface area contributed by atoms with Crippen LogP contribution in [0.3, 0.4) is 0 Å². The molecule has 5 aromatic rings. The molecule has 5 heteroatoms. The number of furan rings is 1. The third kappa shape index (κ3) is 2.87. The smallest absolute Gasteiger partial charge is 0.348 e. The van der Waals surface area contributed by atoms with Gasteiger partial charge in [0.15, 0.2) is 5.58 Å². The van der Waals surface area contributed by atoms with Crippen LogP contribution in [0.25, 0.3) is 33.1 Å². The lowest BCUT2D eigenvalue weighted by atomic mass is 10.0. The molecule has 30 heavy (non-hydrogen) atoms. The van der Waals surface area contributed by atoms with Crippen LogP contribution in [-0.2, 0) is 0 Å². The Morgan fingerprint density at radius 2 is 1.67 bits per heavy atom. The Morgan fingerprint density at radius 3 is 2.47 bits per heavy atom. The van der Waals surface area contributed by atoms with Crippen LogP contribution in [0, 0.1) is 19.7 Å². The molecule has 0 fully saturated rings. The molecule has 0 aliphatic rings. The van der Waals surface area contributed by atoms with Crippen LogP contribution >= 0.6 is 0 Å². The summed E-state index contributed by atoms with van der Waals surface area (Å²) in [7, 11) is 0. The summed E-state index contributed by atoms with van der Waals surface area (Å²) >= 11 is 0. The normalized spacial score (nSPS) is 11.3. The molecule has 0 aliphatic carbocycles. The van der Waals surface area contributed by atoms with Gasteiger partial charge >= 0.3 is 5.63 Å². The fraction of sp³-hybridized carbons (Fsp3) is 0.0800. The predicted octanol–water partition coefficient (Wildman–Crippen LogP) is 6.71. The SMILES string of the molecule is Cc1ccc(Nc2oc3c(c2-c2ccccc2F)c(=O)oc2ccccc23)c(C)c1. The maximum Gasteiger partial charge on any atom is 0.348 e. The summed E-state index contributed by atoms with van der Waals surface area (Å²) in [5, 5.41) is 4.13. The van der Waals surface area contributed by atoms with Gasteiger partial charge in [0, 0.05) is 11.3 Å². The topological polar surface area (TPSA) is 55.4 Å². The number of rotatable bonds is 3. The largest absolute Gasteiger partial charge is 0.439 e. The van der Waals surface area contributed by atoms with Gasteiger partial charge in [0.2, 0.25) is 5.88 Å². The Kier molecular flexibility index (Phi) is 4.17. The van der Waals surface area contributed by atoms with Gasteiger partial charge in [-0.3, -0.25) is 0 Å². The van der Waals surface area contributed by atoms with Crippen LogP contribution in [0.2, 0.25) is 0 Å². The number of hydrogen-bond acceptors (Lipinski definition) is 4. The van der Waals surface area contributed by atoms with Gasteiger partial charge in [0.1, 0.15) is 16.8 Å². The van der Waals surface area contributed by atoms with Gasteiger partial charge in [-0.2, -0.15) is 0 Å². The van der Waals surface area contributed by atoms with E-state index in [1.54, 1.807) is 30.3 Å². The summed E-state index contributed by atoms with van der Waals surface area (Å²) in [6, 6.07) is 19.4. The zero-order valence-corrected chi connectivity index (χ0v) is 16.5. The Bertz CT molecular complexity index is 1480. The minimum Gasteiger partial charge on any atom is -0.439 e. The molecule has 0 radical (unpaired) electrons. The van der Waals surface area contributed by atoms with Crippen molar-refractivity contribution in [3.63, 3.8) is 0 Å². The highest BCUT2D eigenvalue weighted by Crippen LogP contribution is 2.42. The molecule has 4 nitrogen and oxygen atoms in total. The fourth-order valence-corrected chi connectivity index (χ4v) is 3.79. The third-order valence-corrected chi connectivity index (χ3v) is 5.22. The molecule has 0 atom stereocenters. The van der Waals surface area contributed by atoms with Crippen molar-refractivity contribution in [2.75, 3.05) is 5.32 Å². The van der Waals surface area contributed by atoms with Crippen LogP contribution in [0.5, 0.6) is 0 Å². The first-order valence-electron chi connectivity index (χ1n) is 9.60. The van der Waals surface area contributed by atoms with Crippen molar-refractivity contribution in [1.82, 2.24) is 0 Å². The van der Waals surface area contributed by atoms with Crippen LogP contribution < -0.4 is 10.9 Å². The second kappa shape index (κ2) is 6.88. The Morgan fingerprint density at radius 1 is 0.900 bits per heavy atom. The quantitative estimate of drug-likeness (QED) is 0.343. The van der Waals surface area contributed by atoms with E-state index in [-0.39, 0.29) is 10.9 Å². The standard InChI is InChI=1S/C25H18FNO3/c1-14-11-12-19(15(2)13-14)27-24-21(16-7-3-5-9-18(16)26)22-23(30-24)17-8-4-6-10-20(17)29-25(22)28/h3-13,27H,1-2H3. The van der Waals surface area contributed by atoms with Gasteiger partial charge in [0.25, 0.3) is 0 Å². The molecule has 0 saturated carbocycles. The molecule has 148 valence electrons. The summed E-state index contributed by atoms with van der Waals surface area (Å²) in [5.41, 5.74) is 3.78. The first-order chi connectivity index (χ1) is 14.5. The summed E-state index contributed by atoms with van der Waals surface area (Å²) in [6.45, 7) is 3.99. The van der Waals surface area contributed by atoms with Crippen molar-refractivity contribution in [2.24, 2.45) is 0 Å². The van der Waals surface area contributed by atoms with Crippen molar-refractivity contribution in [1.29, 1.82) is 0 Å². The third-order valence-electron chi connectivity index (χ3n) is 5.22. The van der Waals surface area contributed by atoms with Crippen LogP contribution in [0.15, 0.2) is 80.4 Å². The van der Waals surface area contributed by atoms with E-state index in [2.05, 4.69) is 5.32 Å². The zero-order chi connectivity index (χ0) is 20.8. The Labute approximate surface area is 171 Å². The van der Waals surface area contributed by atoms with Gasteiger partial charge in [-0.05, 0) is 43.7 Å². The molecule has 2 aromatic heterocycles. The second-order valence-electron chi connectivity index (χ2n) is 7.32. The van der Waals surface area contributed by atoms with Crippen molar-refractivity contribution >= 4 is 33.5 Å². The molecule has 0 spiro atoms. The second-order valence-corrected chi connectivity index (χ2v) is 7.32. The summed E-state index contributed by atoms with van der Waals surface area (Å²) in [5.74, 6) is -0.151. The number of anilines is 2. The van der Waals surface area contributed by atoms with E-state index in [0.29, 0.717) is 28.0 Å². The zero-order valence-electron chi connectivity index (χ0n) is 16.5. The monoisotopic (exact) mass is 399 g/mol. The lowest BCUT2D eigenvalue weighted by molar-refractivity contribution is 0.566. The molecular formula is C25H18FNO3. The highest BCUT2D eigenvalue weighted by molar-refractivity contribution is 6.10. The van der Waals surface area contributed by atoms with Crippen LogP contribution in [0.4, 0.5) is 16.0 Å². The molecule has 2 heterocycles. The number of benzene rings is 3. The van der Waals surface area contributed by atoms with Crippen molar-refractivity contribution in [3.8, 4) is 11.1 Å². The average molecular weight is 399 g/mol. The van der Waals surface area contributed by atoms with Gasteiger partial charge in [-0.15, -0.1) is 0 Å². The number of nitrogens with one attached hydrogen (secondary N) is 1. The van der Waals surface area contributed by atoms with Crippen LogP contribution in [0.1, 0.15) is 11.1 Å². The van der Waals surface area contributed by atoms with E-state index < -0.39 is 11.4 Å². The minimum absolute atomic E-state index is 0.214. The predicted molar refractivity (Wildman–Crippen MR) is 117 cm³/mol. The minimum atomic E-state index is -0.570. The van der Waals surface area contributed by atoms with Crippen molar-refractivity contribution in [3.05, 3.63) is 94.1 Å². The van der Waals surface area contributed by atoms with Crippen LogP contribution in [-0.4, -0.2) is 0 Å². The number of aryl methyl sites for hydroxylation is 2. The molecule has 3 aromatic carbocycles. The lowest BCUT2D eigenvalue weighted by Gasteiger charge is -2.10. The molecule has 0 saturated heterocycles. The first-order valence-corrected chi connectivity index (χ1v) is 9.60. The van der Waals surface area contributed by atoms with Gasteiger partial charge < -0.3 is 14.2 Å². The van der Waals surface area contributed by atoms with Crippen molar-refractivity contribution in [2.45, 2.75) is 13.8 Å². The molecule has 0 aliphatic heterocycles. The maximum atomic E-state index is 14.8. The van der Waals surface area contributed by atoms with Crippen molar-refractivity contribution < 1.29 is 13.2 Å². The molecule has 0 bridgehead atoms. The Balaban J connectivity index is 1.86. The number of hydrogen-bond donors (Lipinski definition) is 1. The molecule has 0 amide bonds. The fourth-order valence-electron chi connectivity index (χ4n) is 3.79. The molecular weight excluding hydrogens is 381 g/mol. The maximum absolute atomic E-state index is 14.8. The van der Waals surface area contributed by atoms with E-state index >= 15 is 0 Å². The number of fused-ring (bicyclic) bond motifs is 3. The van der Waals surface area contributed by atoms with E-state index in [9.17, 15) is 9.18 Å². The van der Waals surface area contributed by atoms with Gasteiger partial charge in [-0.25, -0.2) is 9.18 Å². The molecule has 1 N–H and O–H groups in total. The lowest BCUT2D eigenvalue weighted by Crippen LogP contribution is -2.01. The molecule has 5 rings (SSSR count). The van der Waals surface area contributed by atoms with Gasteiger partial charge in [-0.1, -0.05) is 48.0 Å². The highest BCUT2D eigenvalue weighted by atomic mass is 19.1. The van der Waals surface area contributed by atoms with E-state index in [0.717, 1.165) is 16.8 Å². The average Bonchev–Trinajstić information content (AvgIpc) is 3.10. The van der Waals surface area contributed by atoms with E-state index in [1.165, 1.54) is 6.07 Å². The summed E-state index contributed by atoms with van der Waals surface area (Å²) in [4.78, 5) is 12.9. The summed E-state index contributed by atoms with van der Waals surface area (Å²) in [6.07, 6.45) is 0. The Hall–Kier alpha value is -3.86. The summed E-state index contributed by atoms with van der Waals surface area (Å²) < 4.78 is 26.4.